The molecule has 2 atom stereocenters. The van der Waals surface area contributed by atoms with Gasteiger partial charge in [0.25, 0.3) is 11.1 Å². The van der Waals surface area contributed by atoms with Gasteiger partial charge in [0.05, 0.1) is 17.3 Å². The van der Waals surface area contributed by atoms with Crippen molar-refractivity contribution in [3.8, 4) is 0 Å². The second-order valence-corrected chi connectivity index (χ2v) is 6.43. The molecule has 2 unspecified atom stereocenters. The van der Waals surface area contributed by atoms with Gasteiger partial charge >= 0.3 is 0 Å². The summed E-state index contributed by atoms with van der Waals surface area (Å²) in [5.74, 6) is 0.325. The van der Waals surface area contributed by atoms with Crippen LogP contribution in [0.1, 0.15) is 19.8 Å². The highest BCUT2D eigenvalue weighted by molar-refractivity contribution is 5.85. The van der Waals surface area contributed by atoms with Crippen molar-refractivity contribution < 1.29 is 4.79 Å². The van der Waals surface area contributed by atoms with Crippen LogP contribution in [-0.2, 0) is 11.3 Å². The molecular weight excluding hydrogens is 344 g/mol. The molecule has 2 heterocycles. The Balaban J connectivity index is 0.00000225. The highest BCUT2D eigenvalue weighted by Gasteiger charge is 2.31. The van der Waals surface area contributed by atoms with Crippen LogP contribution in [0.2, 0.25) is 0 Å². The molecule has 0 radical (unpaired) electrons. The summed E-state index contributed by atoms with van der Waals surface area (Å²) in [6.45, 7) is 3.41. The molecule has 1 aromatic heterocycles. The molecule has 1 aliphatic heterocycles. The van der Waals surface area contributed by atoms with Crippen molar-refractivity contribution in [1.29, 1.82) is 0 Å². The fourth-order valence-corrected chi connectivity index (χ4v) is 3.42. The van der Waals surface area contributed by atoms with Gasteiger partial charge in [-0.3, -0.25) is 19.5 Å². The van der Waals surface area contributed by atoms with Crippen LogP contribution >= 0.6 is 12.4 Å². The van der Waals surface area contributed by atoms with Crippen LogP contribution in [0.5, 0.6) is 0 Å². The first kappa shape index (κ1) is 19.2. The molecule has 0 saturated carbocycles. The number of nitrogens with two attached hydrogens (primary N) is 1. The summed E-state index contributed by atoms with van der Waals surface area (Å²) >= 11 is 0. The number of fused-ring (bicyclic) bond motifs is 1. The van der Waals surface area contributed by atoms with E-state index in [-0.39, 0.29) is 48.4 Å². The van der Waals surface area contributed by atoms with Crippen molar-refractivity contribution in [3.05, 3.63) is 45.0 Å². The summed E-state index contributed by atoms with van der Waals surface area (Å²) in [6, 6.07) is 6.84. The maximum atomic E-state index is 12.4. The van der Waals surface area contributed by atoms with E-state index in [2.05, 4.69) is 5.10 Å². The van der Waals surface area contributed by atoms with Crippen molar-refractivity contribution in [3.63, 3.8) is 0 Å². The van der Waals surface area contributed by atoms with Gasteiger partial charge in [0.2, 0.25) is 5.91 Å². The van der Waals surface area contributed by atoms with Crippen LogP contribution in [0, 0.1) is 5.92 Å². The molecule has 25 heavy (non-hydrogen) atoms. The lowest BCUT2D eigenvalue weighted by atomic mass is 10.1. The zero-order valence-corrected chi connectivity index (χ0v) is 14.9. The number of rotatable bonds is 4. The number of H-pyrrole nitrogens is 1. The normalized spacial score (nSPS) is 19.8. The van der Waals surface area contributed by atoms with Crippen LogP contribution in [0.25, 0.3) is 10.8 Å². The number of hydrogen-bond donors (Lipinski definition) is 2. The Morgan fingerprint density at radius 1 is 1.28 bits per heavy atom. The van der Waals surface area contributed by atoms with Gasteiger partial charge in [-0.25, -0.2) is 4.68 Å². The molecule has 136 valence electrons. The van der Waals surface area contributed by atoms with Crippen molar-refractivity contribution in [2.75, 3.05) is 13.1 Å². The molecule has 1 aromatic carbocycles. The smallest absolute Gasteiger partial charge is 0.273 e. The number of nitrogens with zero attached hydrogens (tertiary/aromatic N) is 2. The van der Waals surface area contributed by atoms with E-state index in [4.69, 9.17) is 5.73 Å². The van der Waals surface area contributed by atoms with Gasteiger partial charge in [-0.15, -0.1) is 12.4 Å². The molecule has 1 amide bonds. The molecule has 0 aliphatic carbocycles. The van der Waals surface area contributed by atoms with Gasteiger partial charge in [-0.1, -0.05) is 12.1 Å². The maximum Gasteiger partial charge on any atom is 0.273 e. The predicted molar refractivity (Wildman–Crippen MR) is 99.0 cm³/mol. The Morgan fingerprint density at radius 2 is 1.96 bits per heavy atom. The molecule has 7 nitrogen and oxygen atoms in total. The molecule has 3 N–H and O–H groups in total. The summed E-state index contributed by atoms with van der Waals surface area (Å²) < 4.78 is 1.23. The maximum absolute atomic E-state index is 12.4. The molecule has 8 heteroatoms. The van der Waals surface area contributed by atoms with Crippen LogP contribution in [-0.4, -0.2) is 39.7 Å². The van der Waals surface area contributed by atoms with Gasteiger partial charge in [-0.05, 0) is 37.9 Å². The van der Waals surface area contributed by atoms with Crippen molar-refractivity contribution >= 4 is 29.1 Å². The van der Waals surface area contributed by atoms with Crippen LogP contribution in [0.3, 0.4) is 0 Å². The number of likely N-dealkylation sites (tertiary alicyclic amines) is 1. The van der Waals surface area contributed by atoms with Gasteiger partial charge in [-0.2, -0.15) is 0 Å². The summed E-state index contributed by atoms with van der Waals surface area (Å²) in [5, 5.41) is 3.29. The van der Waals surface area contributed by atoms with Crippen LogP contribution < -0.4 is 16.9 Å². The highest BCUT2D eigenvalue weighted by atomic mass is 35.5. The summed E-state index contributed by atoms with van der Waals surface area (Å²) in [6.07, 6.45) is 1.09. The number of aromatic nitrogens is 2. The zero-order valence-electron chi connectivity index (χ0n) is 14.1. The van der Waals surface area contributed by atoms with E-state index in [1.807, 2.05) is 11.8 Å². The quantitative estimate of drug-likeness (QED) is 0.831. The molecule has 3 rings (SSSR count). The topological polar surface area (TPSA) is 101 Å². The Kier molecular flexibility index (Phi) is 6.02. The Bertz CT molecular complexity index is 876. The minimum atomic E-state index is -0.324. The Labute approximate surface area is 151 Å². The van der Waals surface area contributed by atoms with Crippen molar-refractivity contribution in [2.45, 2.75) is 32.4 Å². The first-order valence-corrected chi connectivity index (χ1v) is 8.22. The fourth-order valence-electron chi connectivity index (χ4n) is 3.42. The van der Waals surface area contributed by atoms with E-state index in [9.17, 15) is 14.4 Å². The van der Waals surface area contributed by atoms with E-state index in [1.165, 1.54) is 4.68 Å². The van der Waals surface area contributed by atoms with E-state index >= 15 is 0 Å². The molecule has 1 fully saturated rings. The number of carbonyl (C=O) groups excluding carboxylic acids is 1. The van der Waals surface area contributed by atoms with E-state index in [0.29, 0.717) is 29.8 Å². The molecular formula is C17H23ClN4O3. The third-order valence-corrected chi connectivity index (χ3v) is 4.75. The monoisotopic (exact) mass is 366 g/mol. The third kappa shape index (κ3) is 3.77. The first-order valence-electron chi connectivity index (χ1n) is 8.22. The fraction of sp³-hybridized carbons (Fsp3) is 0.471. The number of aryl methyl sites for hydroxylation is 1. The lowest BCUT2D eigenvalue weighted by molar-refractivity contribution is -0.132. The van der Waals surface area contributed by atoms with Crippen molar-refractivity contribution in [2.24, 2.45) is 11.7 Å². The highest BCUT2D eigenvalue weighted by Crippen LogP contribution is 2.22. The second-order valence-electron chi connectivity index (χ2n) is 6.43. The Morgan fingerprint density at radius 3 is 2.60 bits per heavy atom. The van der Waals surface area contributed by atoms with Gasteiger partial charge in [0, 0.05) is 19.0 Å². The zero-order chi connectivity index (χ0) is 17.3. The number of nitrogens with one attached hydrogen (secondary N) is 1. The number of carbonyl (C=O) groups is 1. The summed E-state index contributed by atoms with van der Waals surface area (Å²) in [4.78, 5) is 38.7. The molecule has 1 aliphatic rings. The number of hydrogen-bond acceptors (Lipinski definition) is 4. The number of halogens is 1. The number of benzene rings is 1. The average molecular weight is 367 g/mol. The number of aromatic amines is 1. The van der Waals surface area contributed by atoms with E-state index in [1.54, 1.807) is 24.3 Å². The minimum absolute atomic E-state index is 0. The van der Waals surface area contributed by atoms with Crippen LogP contribution in [0.4, 0.5) is 0 Å². The minimum Gasteiger partial charge on any atom is -0.340 e. The Hall–Kier alpha value is -2.12. The summed E-state index contributed by atoms with van der Waals surface area (Å²) in [5.41, 5.74) is 5.08. The van der Waals surface area contributed by atoms with Crippen LogP contribution in [0.15, 0.2) is 33.9 Å². The van der Waals surface area contributed by atoms with E-state index < -0.39 is 0 Å². The van der Waals surface area contributed by atoms with Crippen molar-refractivity contribution in [1.82, 2.24) is 14.7 Å². The molecule has 2 aromatic rings. The largest absolute Gasteiger partial charge is 0.340 e. The van der Waals surface area contributed by atoms with Gasteiger partial charge < -0.3 is 10.6 Å². The molecule has 0 bridgehead atoms. The first-order chi connectivity index (χ1) is 11.5. The standard InChI is InChI=1S/C17H22N4O3.ClH/c1-11-8-12(9-18)10-20(11)15(22)6-7-21-17(24)14-5-3-2-4-13(14)16(23)19-21;/h2-5,11-12H,6-10,18H2,1H3,(H,19,23);1H. The average Bonchev–Trinajstić information content (AvgIpc) is 2.97. The summed E-state index contributed by atoms with van der Waals surface area (Å²) in [7, 11) is 0. The van der Waals surface area contributed by atoms with E-state index in [0.717, 1.165) is 6.42 Å². The second kappa shape index (κ2) is 7.84. The van der Waals surface area contributed by atoms with Gasteiger partial charge in [0.15, 0.2) is 0 Å². The third-order valence-electron chi connectivity index (χ3n) is 4.75. The lowest BCUT2D eigenvalue weighted by Crippen LogP contribution is -2.37. The molecule has 0 spiro atoms. The van der Waals surface area contributed by atoms with Gasteiger partial charge in [0.1, 0.15) is 0 Å². The molecule has 1 saturated heterocycles. The number of amides is 1. The lowest BCUT2D eigenvalue weighted by Gasteiger charge is -2.21. The SMILES string of the molecule is CC1CC(CN)CN1C(=O)CCn1[nH]c(=O)c2ccccc2c1=O.Cl. The predicted octanol–water partition coefficient (Wildman–Crippen LogP) is 0.697.